The molecule has 2 rings (SSSR count). The van der Waals surface area contributed by atoms with Gasteiger partial charge < -0.3 is 15.6 Å². The third-order valence-corrected chi connectivity index (χ3v) is 2.33. The first-order valence-corrected chi connectivity index (χ1v) is 5.34. The van der Waals surface area contributed by atoms with E-state index < -0.39 is 5.91 Å². The molecule has 2 aromatic rings. The van der Waals surface area contributed by atoms with Crippen LogP contribution in [0.25, 0.3) is 0 Å². The van der Waals surface area contributed by atoms with E-state index in [-0.39, 0.29) is 18.2 Å². The molecule has 0 radical (unpaired) electrons. The number of rotatable bonds is 4. The Morgan fingerprint density at radius 3 is 2.72 bits per heavy atom. The summed E-state index contributed by atoms with van der Waals surface area (Å²) < 4.78 is 5.51. The van der Waals surface area contributed by atoms with Crippen molar-refractivity contribution in [3.05, 3.63) is 53.7 Å². The minimum atomic E-state index is -0.615. The number of amides is 1. The van der Waals surface area contributed by atoms with E-state index in [0.717, 1.165) is 0 Å². The van der Waals surface area contributed by atoms with Crippen molar-refractivity contribution in [2.45, 2.75) is 6.61 Å². The smallest absolute Gasteiger partial charge is 0.267 e. The van der Waals surface area contributed by atoms with Crippen molar-refractivity contribution >= 4 is 5.91 Å². The largest absolute Gasteiger partial charge is 0.439 e. The van der Waals surface area contributed by atoms with E-state index in [1.54, 1.807) is 36.4 Å². The maximum Gasteiger partial charge on any atom is 0.267 e. The highest BCUT2D eigenvalue weighted by Crippen LogP contribution is 2.23. The van der Waals surface area contributed by atoms with Gasteiger partial charge in [-0.2, -0.15) is 0 Å². The average molecular weight is 244 g/mol. The number of primary amides is 1. The van der Waals surface area contributed by atoms with E-state index in [4.69, 9.17) is 15.6 Å². The molecule has 0 aliphatic heterocycles. The number of nitrogens with two attached hydrogens (primary N) is 1. The number of hydrogen-bond acceptors (Lipinski definition) is 4. The molecule has 1 amide bonds. The molecule has 0 spiro atoms. The number of aliphatic hydroxyl groups excluding tert-OH is 1. The van der Waals surface area contributed by atoms with Crippen LogP contribution in [0, 0.1) is 0 Å². The highest BCUT2D eigenvalue weighted by Gasteiger charge is 2.07. The van der Waals surface area contributed by atoms with Crippen LogP contribution in [0.2, 0.25) is 0 Å². The zero-order valence-electron chi connectivity index (χ0n) is 9.54. The molecule has 0 aliphatic carbocycles. The molecule has 0 saturated carbocycles. The lowest BCUT2D eigenvalue weighted by Crippen LogP contribution is -2.13. The first-order valence-electron chi connectivity index (χ1n) is 5.34. The van der Waals surface area contributed by atoms with Gasteiger partial charge in [0, 0.05) is 11.6 Å². The Morgan fingerprint density at radius 2 is 2.00 bits per heavy atom. The number of carbonyl (C=O) groups is 1. The van der Waals surface area contributed by atoms with Gasteiger partial charge in [0.2, 0.25) is 5.88 Å². The Balaban J connectivity index is 2.28. The quantitative estimate of drug-likeness (QED) is 0.852. The Hall–Kier alpha value is -2.40. The molecule has 0 aliphatic rings. The van der Waals surface area contributed by atoms with E-state index in [1.165, 1.54) is 6.07 Å². The predicted octanol–water partition coefficient (Wildman–Crippen LogP) is 1.47. The van der Waals surface area contributed by atoms with Crippen molar-refractivity contribution in [3.63, 3.8) is 0 Å². The minimum absolute atomic E-state index is 0.133. The lowest BCUT2D eigenvalue weighted by atomic mass is 10.2. The van der Waals surface area contributed by atoms with Crippen LogP contribution in [-0.4, -0.2) is 16.0 Å². The van der Waals surface area contributed by atoms with Crippen molar-refractivity contribution in [1.29, 1.82) is 0 Å². The zero-order valence-corrected chi connectivity index (χ0v) is 9.54. The molecule has 0 unspecified atom stereocenters. The third-order valence-electron chi connectivity index (χ3n) is 2.33. The van der Waals surface area contributed by atoms with Crippen LogP contribution >= 0.6 is 0 Å². The second-order valence-electron chi connectivity index (χ2n) is 3.59. The Bertz CT molecular complexity index is 570. The topological polar surface area (TPSA) is 85.4 Å². The van der Waals surface area contributed by atoms with Gasteiger partial charge in [-0.1, -0.05) is 24.3 Å². The summed E-state index contributed by atoms with van der Waals surface area (Å²) in [5.41, 5.74) is 5.91. The molecule has 0 bridgehead atoms. The number of benzene rings is 1. The Kier molecular flexibility index (Phi) is 3.54. The molecule has 1 heterocycles. The van der Waals surface area contributed by atoms with Crippen molar-refractivity contribution in [2.75, 3.05) is 0 Å². The fraction of sp³-hybridized carbons (Fsp3) is 0.0769. The predicted molar refractivity (Wildman–Crippen MR) is 65.2 cm³/mol. The van der Waals surface area contributed by atoms with Gasteiger partial charge in [0.05, 0.1) is 6.61 Å². The molecule has 0 fully saturated rings. The van der Waals surface area contributed by atoms with Crippen molar-refractivity contribution in [3.8, 4) is 11.6 Å². The number of aliphatic hydroxyl groups is 1. The van der Waals surface area contributed by atoms with E-state index in [9.17, 15) is 4.79 Å². The van der Waals surface area contributed by atoms with Crippen LogP contribution in [-0.2, 0) is 6.61 Å². The van der Waals surface area contributed by atoms with Crippen LogP contribution in [0.3, 0.4) is 0 Å². The van der Waals surface area contributed by atoms with Gasteiger partial charge in [0.1, 0.15) is 11.4 Å². The van der Waals surface area contributed by atoms with E-state index in [2.05, 4.69) is 4.98 Å². The fourth-order valence-corrected chi connectivity index (χ4v) is 1.46. The summed E-state index contributed by atoms with van der Waals surface area (Å²) in [6, 6.07) is 11.8. The minimum Gasteiger partial charge on any atom is -0.439 e. The van der Waals surface area contributed by atoms with Gasteiger partial charge in [0.25, 0.3) is 5.91 Å². The maximum atomic E-state index is 11.0. The van der Waals surface area contributed by atoms with Crippen LogP contribution in [0.15, 0.2) is 42.5 Å². The van der Waals surface area contributed by atoms with Crippen LogP contribution in [0.4, 0.5) is 0 Å². The molecular formula is C13H12N2O3. The summed E-state index contributed by atoms with van der Waals surface area (Å²) in [6.45, 7) is -0.133. The fourth-order valence-electron chi connectivity index (χ4n) is 1.46. The SMILES string of the molecule is NC(=O)c1cccc(Oc2ccccc2CO)n1. The highest BCUT2D eigenvalue weighted by molar-refractivity contribution is 5.90. The Labute approximate surface area is 104 Å². The van der Waals surface area contributed by atoms with Crippen molar-refractivity contribution in [1.82, 2.24) is 4.98 Å². The van der Waals surface area contributed by atoms with Gasteiger partial charge in [-0.05, 0) is 12.1 Å². The van der Waals surface area contributed by atoms with Crippen molar-refractivity contribution < 1.29 is 14.6 Å². The first-order chi connectivity index (χ1) is 8.70. The van der Waals surface area contributed by atoms with E-state index in [0.29, 0.717) is 11.3 Å². The monoisotopic (exact) mass is 244 g/mol. The molecule has 3 N–H and O–H groups in total. The lowest BCUT2D eigenvalue weighted by molar-refractivity contribution is 0.0995. The molecule has 5 nitrogen and oxygen atoms in total. The number of ether oxygens (including phenoxy) is 1. The Morgan fingerprint density at radius 1 is 1.22 bits per heavy atom. The molecular weight excluding hydrogens is 232 g/mol. The van der Waals surface area contributed by atoms with Crippen molar-refractivity contribution in [2.24, 2.45) is 5.73 Å². The van der Waals surface area contributed by atoms with Gasteiger partial charge in [0.15, 0.2) is 0 Å². The number of para-hydroxylation sites is 1. The molecule has 5 heteroatoms. The van der Waals surface area contributed by atoms with E-state index in [1.807, 2.05) is 0 Å². The van der Waals surface area contributed by atoms with Gasteiger partial charge >= 0.3 is 0 Å². The number of hydrogen-bond donors (Lipinski definition) is 2. The molecule has 18 heavy (non-hydrogen) atoms. The molecule has 1 aromatic carbocycles. The molecule has 92 valence electrons. The summed E-state index contributed by atoms with van der Waals surface area (Å²) in [5.74, 6) is 0.136. The zero-order chi connectivity index (χ0) is 13.0. The van der Waals surface area contributed by atoms with Gasteiger partial charge in [-0.15, -0.1) is 0 Å². The maximum absolute atomic E-state index is 11.0. The average Bonchev–Trinajstić information content (AvgIpc) is 2.39. The first kappa shape index (κ1) is 12.1. The van der Waals surface area contributed by atoms with Gasteiger partial charge in [-0.3, -0.25) is 4.79 Å². The van der Waals surface area contributed by atoms with Crippen LogP contribution in [0.1, 0.15) is 16.1 Å². The van der Waals surface area contributed by atoms with Crippen LogP contribution < -0.4 is 10.5 Å². The number of pyridine rings is 1. The molecule has 0 saturated heterocycles. The molecule has 1 aromatic heterocycles. The highest BCUT2D eigenvalue weighted by atomic mass is 16.5. The standard InChI is InChI=1S/C13H12N2O3/c14-13(17)10-5-3-7-12(15-10)18-11-6-2-1-4-9(11)8-16/h1-7,16H,8H2,(H2,14,17). The number of aromatic nitrogens is 1. The van der Waals surface area contributed by atoms with Crippen LogP contribution in [0.5, 0.6) is 11.6 Å². The normalized spacial score (nSPS) is 10.1. The van der Waals surface area contributed by atoms with E-state index >= 15 is 0 Å². The second-order valence-corrected chi connectivity index (χ2v) is 3.59. The molecule has 0 atom stereocenters. The number of nitrogens with zero attached hydrogens (tertiary/aromatic N) is 1. The lowest BCUT2D eigenvalue weighted by Gasteiger charge is -2.08. The summed E-state index contributed by atoms with van der Waals surface area (Å²) >= 11 is 0. The second kappa shape index (κ2) is 5.29. The van der Waals surface area contributed by atoms with Gasteiger partial charge in [-0.25, -0.2) is 4.98 Å². The summed E-state index contributed by atoms with van der Waals surface area (Å²) in [6.07, 6.45) is 0. The summed E-state index contributed by atoms with van der Waals surface area (Å²) in [7, 11) is 0. The third kappa shape index (κ3) is 2.64. The number of carbonyl (C=O) groups excluding carboxylic acids is 1. The summed E-state index contributed by atoms with van der Waals surface area (Å²) in [5, 5.41) is 9.16. The summed E-state index contributed by atoms with van der Waals surface area (Å²) in [4.78, 5) is 15.0.